The molecule has 1 unspecified atom stereocenters. The second kappa shape index (κ2) is 5.13. The highest BCUT2D eigenvalue weighted by Crippen LogP contribution is 2.29. The normalized spacial score (nSPS) is 21.5. The summed E-state index contributed by atoms with van der Waals surface area (Å²) in [6, 6.07) is 3.46. The monoisotopic (exact) mass is 282 g/mol. The van der Waals surface area contributed by atoms with Crippen LogP contribution < -0.4 is 5.73 Å². The summed E-state index contributed by atoms with van der Waals surface area (Å²) in [6.07, 6.45) is 2.04. The Labute approximate surface area is 115 Å². The van der Waals surface area contributed by atoms with Crippen LogP contribution in [0.5, 0.6) is 0 Å². The van der Waals surface area contributed by atoms with E-state index < -0.39 is 10.0 Å². The molecule has 106 valence electrons. The second-order valence-corrected chi connectivity index (χ2v) is 7.47. The number of nitrogens with two attached hydrogens (primary N) is 1. The maximum Gasteiger partial charge on any atom is 0.243 e. The zero-order valence-corrected chi connectivity index (χ0v) is 12.6. The van der Waals surface area contributed by atoms with Crippen molar-refractivity contribution in [3.63, 3.8) is 0 Å². The Balaban J connectivity index is 2.45. The van der Waals surface area contributed by atoms with Crippen LogP contribution in [-0.2, 0) is 10.0 Å². The molecule has 1 atom stereocenters. The molecule has 2 rings (SSSR count). The molecule has 0 saturated carbocycles. The van der Waals surface area contributed by atoms with E-state index in [0.717, 1.165) is 24.0 Å². The van der Waals surface area contributed by atoms with Crippen molar-refractivity contribution in [1.82, 2.24) is 4.31 Å². The molecule has 1 aliphatic rings. The number of rotatable bonds is 2. The highest BCUT2D eigenvalue weighted by molar-refractivity contribution is 7.89. The summed E-state index contributed by atoms with van der Waals surface area (Å²) in [7, 11) is -3.40. The molecule has 1 aromatic carbocycles. The second-order valence-electron chi connectivity index (χ2n) is 5.59. The molecule has 1 saturated heterocycles. The number of anilines is 1. The summed E-state index contributed by atoms with van der Waals surface area (Å²) in [5.41, 5.74) is 7.84. The first-order chi connectivity index (χ1) is 8.82. The van der Waals surface area contributed by atoms with Gasteiger partial charge in [-0.2, -0.15) is 4.31 Å². The van der Waals surface area contributed by atoms with Crippen LogP contribution in [0.3, 0.4) is 0 Å². The lowest BCUT2D eigenvalue weighted by molar-refractivity contribution is 0.281. The molecule has 19 heavy (non-hydrogen) atoms. The highest BCUT2D eigenvalue weighted by atomic mass is 32.2. The Morgan fingerprint density at radius 3 is 2.37 bits per heavy atom. The number of piperidine rings is 1. The Kier molecular flexibility index (Phi) is 3.87. The van der Waals surface area contributed by atoms with E-state index in [9.17, 15) is 8.42 Å². The molecule has 2 N–H and O–H groups in total. The summed E-state index contributed by atoms with van der Waals surface area (Å²) >= 11 is 0. The molecular weight excluding hydrogens is 260 g/mol. The third-order valence-electron chi connectivity index (χ3n) is 3.70. The number of nitrogens with zero attached hydrogens (tertiary/aromatic N) is 1. The molecule has 0 aromatic heterocycles. The summed E-state index contributed by atoms with van der Waals surface area (Å²) in [5.74, 6) is 0.429. The number of hydrogen-bond donors (Lipinski definition) is 1. The number of sulfonamides is 1. The molecular formula is C14H22N2O2S. The Hall–Kier alpha value is -1.07. The third-order valence-corrected chi connectivity index (χ3v) is 5.87. The van der Waals surface area contributed by atoms with Crippen LogP contribution in [0.4, 0.5) is 5.69 Å². The first kappa shape index (κ1) is 14.3. The Morgan fingerprint density at radius 1 is 1.26 bits per heavy atom. The standard InChI is InChI=1S/C14H22N2O2S/c1-10-5-4-6-16(9-10)19(17,18)14-11(2)7-13(15)8-12(14)3/h7-8,10H,4-6,9,15H2,1-3H3. The molecule has 1 fully saturated rings. The van der Waals surface area contributed by atoms with Gasteiger partial charge in [-0.25, -0.2) is 8.42 Å². The quantitative estimate of drug-likeness (QED) is 0.847. The van der Waals surface area contributed by atoms with E-state index in [2.05, 4.69) is 6.92 Å². The fourth-order valence-corrected chi connectivity index (χ4v) is 4.89. The zero-order chi connectivity index (χ0) is 14.2. The van der Waals surface area contributed by atoms with Gasteiger partial charge in [0, 0.05) is 18.8 Å². The Morgan fingerprint density at radius 2 is 1.84 bits per heavy atom. The van der Waals surface area contributed by atoms with Gasteiger partial charge in [-0.05, 0) is 55.9 Å². The van der Waals surface area contributed by atoms with Crippen molar-refractivity contribution in [2.24, 2.45) is 5.92 Å². The predicted octanol–water partition coefficient (Wildman–Crippen LogP) is 2.31. The van der Waals surface area contributed by atoms with Crippen molar-refractivity contribution in [1.29, 1.82) is 0 Å². The molecule has 5 heteroatoms. The SMILES string of the molecule is Cc1cc(N)cc(C)c1S(=O)(=O)N1CCCC(C)C1. The van der Waals surface area contributed by atoms with Gasteiger partial charge < -0.3 is 5.73 Å². The zero-order valence-electron chi connectivity index (χ0n) is 11.8. The summed E-state index contributed by atoms with van der Waals surface area (Å²) in [4.78, 5) is 0.427. The lowest BCUT2D eigenvalue weighted by Crippen LogP contribution is -2.39. The van der Waals surface area contributed by atoms with Crippen molar-refractivity contribution in [3.8, 4) is 0 Å². The van der Waals surface area contributed by atoms with Crippen LogP contribution in [-0.4, -0.2) is 25.8 Å². The topological polar surface area (TPSA) is 63.4 Å². The van der Waals surface area contributed by atoms with Gasteiger partial charge in [0.25, 0.3) is 0 Å². The van der Waals surface area contributed by atoms with Crippen molar-refractivity contribution >= 4 is 15.7 Å². The molecule has 1 heterocycles. The van der Waals surface area contributed by atoms with Crippen LogP contribution in [0.2, 0.25) is 0 Å². The van der Waals surface area contributed by atoms with Gasteiger partial charge in [-0.1, -0.05) is 6.92 Å². The number of nitrogen functional groups attached to an aromatic ring is 1. The molecule has 0 amide bonds. The van der Waals surface area contributed by atoms with Gasteiger partial charge in [0.05, 0.1) is 4.90 Å². The van der Waals surface area contributed by atoms with Crippen molar-refractivity contribution in [2.75, 3.05) is 18.8 Å². The van der Waals surface area contributed by atoms with E-state index in [-0.39, 0.29) is 0 Å². The summed E-state index contributed by atoms with van der Waals surface area (Å²) in [6.45, 7) is 6.96. The lowest BCUT2D eigenvalue weighted by atomic mass is 10.0. The van der Waals surface area contributed by atoms with Gasteiger partial charge in [0.15, 0.2) is 0 Å². The van der Waals surface area contributed by atoms with Crippen LogP contribution >= 0.6 is 0 Å². The van der Waals surface area contributed by atoms with Gasteiger partial charge in [-0.3, -0.25) is 0 Å². The minimum Gasteiger partial charge on any atom is -0.399 e. The molecule has 0 aliphatic carbocycles. The van der Waals surface area contributed by atoms with Crippen LogP contribution in [0, 0.1) is 19.8 Å². The third kappa shape index (κ3) is 2.77. The average Bonchev–Trinajstić information content (AvgIpc) is 2.26. The van der Waals surface area contributed by atoms with Crippen molar-refractivity contribution in [3.05, 3.63) is 23.3 Å². The van der Waals surface area contributed by atoms with E-state index in [0.29, 0.717) is 29.6 Å². The van der Waals surface area contributed by atoms with E-state index in [4.69, 9.17) is 5.73 Å². The summed E-state index contributed by atoms with van der Waals surface area (Å²) < 4.78 is 27.2. The van der Waals surface area contributed by atoms with Crippen LogP contribution in [0.25, 0.3) is 0 Å². The molecule has 0 spiro atoms. The van der Waals surface area contributed by atoms with Crippen LogP contribution in [0.1, 0.15) is 30.9 Å². The molecule has 4 nitrogen and oxygen atoms in total. The number of aryl methyl sites for hydroxylation is 2. The maximum atomic E-state index is 12.8. The molecule has 1 aliphatic heterocycles. The Bertz CT molecular complexity index is 558. The van der Waals surface area contributed by atoms with Crippen molar-refractivity contribution in [2.45, 2.75) is 38.5 Å². The minimum atomic E-state index is -3.40. The van der Waals surface area contributed by atoms with Gasteiger partial charge >= 0.3 is 0 Å². The molecule has 0 radical (unpaired) electrons. The fraction of sp³-hybridized carbons (Fsp3) is 0.571. The first-order valence-electron chi connectivity index (χ1n) is 6.69. The molecule has 0 bridgehead atoms. The maximum absolute atomic E-state index is 12.8. The smallest absolute Gasteiger partial charge is 0.243 e. The van der Waals surface area contributed by atoms with Crippen molar-refractivity contribution < 1.29 is 8.42 Å². The number of hydrogen-bond acceptors (Lipinski definition) is 3. The van der Waals surface area contributed by atoms with E-state index >= 15 is 0 Å². The largest absolute Gasteiger partial charge is 0.399 e. The van der Waals surface area contributed by atoms with Crippen LogP contribution in [0.15, 0.2) is 17.0 Å². The highest BCUT2D eigenvalue weighted by Gasteiger charge is 2.30. The van der Waals surface area contributed by atoms with Gasteiger partial charge in [-0.15, -0.1) is 0 Å². The van der Waals surface area contributed by atoms with E-state index in [1.54, 1.807) is 16.4 Å². The van der Waals surface area contributed by atoms with E-state index in [1.807, 2.05) is 13.8 Å². The average molecular weight is 282 g/mol. The first-order valence-corrected chi connectivity index (χ1v) is 8.13. The predicted molar refractivity (Wildman–Crippen MR) is 77.5 cm³/mol. The van der Waals surface area contributed by atoms with Gasteiger partial charge in [0.1, 0.15) is 0 Å². The molecule has 1 aromatic rings. The van der Waals surface area contributed by atoms with E-state index in [1.165, 1.54) is 0 Å². The van der Waals surface area contributed by atoms with Gasteiger partial charge in [0.2, 0.25) is 10.0 Å². The fourth-order valence-electron chi connectivity index (χ4n) is 2.88. The number of benzene rings is 1. The summed E-state index contributed by atoms with van der Waals surface area (Å²) in [5, 5.41) is 0. The minimum absolute atomic E-state index is 0.427. The lowest BCUT2D eigenvalue weighted by Gasteiger charge is -2.31.